The number of aryl methyl sites for hydroxylation is 1. The van der Waals surface area contributed by atoms with Gasteiger partial charge < -0.3 is 15.0 Å². The number of ether oxygens (including phenoxy) is 1. The number of amides is 2. The van der Waals surface area contributed by atoms with Crippen LogP contribution in [-0.4, -0.2) is 36.4 Å². The first-order valence-electron chi connectivity index (χ1n) is 12.4. The highest BCUT2D eigenvalue weighted by molar-refractivity contribution is 5.95. The van der Waals surface area contributed by atoms with E-state index in [1.54, 1.807) is 0 Å². The van der Waals surface area contributed by atoms with Crippen molar-refractivity contribution in [3.8, 4) is 5.75 Å². The molecule has 1 heterocycles. The summed E-state index contributed by atoms with van der Waals surface area (Å²) in [5.41, 5.74) is 5.14. The summed E-state index contributed by atoms with van der Waals surface area (Å²) < 4.78 is 5.86. The van der Waals surface area contributed by atoms with Crippen molar-refractivity contribution in [3.63, 3.8) is 0 Å². The first-order chi connectivity index (χ1) is 16.9. The predicted octanol–water partition coefficient (Wildman–Crippen LogP) is 5.32. The monoisotopic (exact) mass is 470 g/mol. The van der Waals surface area contributed by atoms with E-state index in [1.165, 1.54) is 5.56 Å². The van der Waals surface area contributed by atoms with E-state index in [0.717, 1.165) is 29.5 Å². The fraction of sp³-hybridized carbons (Fsp3) is 0.333. The largest absolute Gasteiger partial charge is 0.484 e. The Morgan fingerprint density at radius 1 is 1.03 bits per heavy atom. The van der Waals surface area contributed by atoms with Gasteiger partial charge in [-0.1, -0.05) is 67.9 Å². The molecule has 0 spiro atoms. The summed E-state index contributed by atoms with van der Waals surface area (Å²) >= 11 is 0. The van der Waals surface area contributed by atoms with Gasteiger partial charge in [0.15, 0.2) is 6.61 Å². The van der Waals surface area contributed by atoms with Crippen molar-refractivity contribution < 1.29 is 14.3 Å². The average molecular weight is 471 g/mol. The van der Waals surface area contributed by atoms with Gasteiger partial charge in [-0.05, 0) is 66.6 Å². The van der Waals surface area contributed by atoms with E-state index in [9.17, 15) is 9.59 Å². The van der Waals surface area contributed by atoms with E-state index in [1.807, 2.05) is 53.4 Å². The second-order valence-electron chi connectivity index (χ2n) is 9.61. The summed E-state index contributed by atoms with van der Waals surface area (Å²) in [6.45, 7) is 7.58. The van der Waals surface area contributed by atoms with Crippen molar-refractivity contribution >= 4 is 11.8 Å². The molecule has 182 valence electrons. The quantitative estimate of drug-likeness (QED) is 0.485. The minimum Gasteiger partial charge on any atom is -0.484 e. The van der Waals surface area contributed by atoms with E-state index in [4.69, 9.17) is 4.74 Å². The van der Waals surface area contributed by atoms with Gasteiger partial charge >= 0.3 is 0 Å². The van der Waals surface area contributed by atoms with Crippen molar-refractivity contribution in [2.75, 3.05) is 19.7 Å². The molecule has 5 heteroatoms. The number of carbonyl (C=O) groups excluding carboxylic acids is 2. The Hall–Kier alpha value is -3.60. The van der Waals surface area contributed by atoms with Crippen LogP contribution in [0.1, 0.15) is 58.9 Å². The summed E-state index contributed by atoms with van der Waals surface area (Å²) in [6.07, 6.45) is 1.71. The van der Waals surface area contributed by atoms with Gasteiger partial charge in [-0.25, -0.2) is 0 Å². The van der Waals surface area contributed by atoms with E-state index < -0.39 is 0 Å². The van der Waals surface area contributed by atoms with Gasteiger partial charge in [0.2, 0.25) is 0 Å². The molecule has 2 amide bonds. The first-order valence-corrected chi connectivity index (χ1v) is 12.4. The molecule has 0 unspecified atom stereocenters. The molecule has 5 nitrogen and oxygen atoms in total. The highest BCUT2D eigenvalue weighted by Gasteiger charge is 2.33. The molecule has 3 aromatic carbocycles. The normalized spacial score (nSPS) is 15.0. The van der Waals surface area contributed by atoms with Crippen LogP contribution < -0.4 is 10.1 Å². The lowest BCUT2D eigenvalue weighted by Gasteiger charge is -2.38. The van der Waals surface area contributed by atoms with Gasteiger partial charge in [0.25, 0.3) is 11.8 Å². The number of benzene rings is 3. The Balaban J connectivity index is 1.60. The third-order valence-corrected chi connectivity index (χ3v) is 6.40. The maximum absolute atomic E-state index is 13.6. The molecule has 0 fully saturated rings. The van der Waals surface area contributed by atoms with Crippen molar-refractivity contribution in [2.45, 2.75) is 39.7 Å². The number of rotatable bonds is 8. The molecule has 0 bridgehead atoms. The van der Waals surface area contributed by atoms with Crippen LogP contribution in [0.5, 0.6) is 5.75 Å². The molecule has 1 atom stereocenters. The van der Waals surface area contributed by atoms with E-state index in [0.29, 0.717) is 30.3 Å². The zero-order chi connectivity index (χ0) is 24.8. The van der Waals surface area contributed by atoms with Gasteiger partial charge in [-0.15, -0.1) is 0 Å². The fourth-order valence-electron chi connectivity index (χ4n) is 4.55. The van der Waals surface area contributed by atoms with Crippen LogP contribution in [0.25, 0.3) is 0 Å². The molecule has 0 aliphatic carbocycles. The molecule has 4 rings (SSSR count). The van der Waals surface area contributed by atoms with Gasteiger partial charge in [-0.2, -0.15) is 0 Å². The lowest BCUT2D eigenvalue weighted by molar-refractivity contribution is -0.123. The van der Waals surface area contributed by atoms with Crippen LogP contribution in [0.15, 0.2) is 72.8 Å². The van der Waals surface area contributed by atoms with Gasteiger partial charge in [0.05, 0.1) is 6.04 Å². The Bertz CT molecular complexity index is 1170. The smallest absolute Gasteiger partial charge is 0.257 e. The molecular weight excluding hydrogens is 436 g/mol. The molecule has 0 saturated carbocycles. The van der Waals surface area contributed by atoms with Gasteiger partial charge in [-0.3, -0.25) is 9.59 Å². The van der Waals surface area contributed by atoms with Gasteiger partial charge in [0.1, 0.15) is 5.75 Å². The lowest BCUT2D eigenvalue weighted by atomic mass is 9.87. The summed E-state index contributed by atoms with van der Waals surface area (Å²) in [6, 6.07) is 23.5. The topological polar surface area (TPSA) is 58.6 Å². The Kier molecular flexibility index (Phi) is 7.86. The third kappa shape index (κ3) is 6.10. The zero-order valence-corrected chi connectivity index (χ0v) is 20.8. The second-order valence-corrected chi connectivity index (χ2v) is 9.61. The number of hydrogen-bond acceptors (Lipinski definition) is 3. The average Bonchev–Trinajstić information content (AvgIpc) is 2.86. The van der Waals surface area contributed by atoms with Crippen LogP contribution in [0.3, 0.4) is 0 Å². The molecule has 35 heavy (non-hydrogen) atoms. The molecule has 0 aromatic heterocycles. The maximum Gasteiger partial charge on any atom is 0.257 e. The van der Waals surface area contributed by atoms with Crippen LogP contribution in [0, 0.1) is 12.8 Å². The second kappa shape index (κ2) is 11.2. The van der Waals surface area contributed by atoms with E-state index in [2.05, 4.69) is 50.4 Å². The summed E-state index contributed by atoms with van der Waals surface area (Å²) in [7, 11) is 0. The molecule has 1 N–H and O–H groups in total. The molecule has 1 aliphatic rings. The van der Waals surface area contributed by atoms with Crippen LogP contribution in [-0.2, 0) is 11.2 Å². The van der Waals surface area contributed by atoms with E-state index in [-0.39, 0.29) is 24.5 Å². The number of carbonyl (C=O) groups is 2. The molecular formula is C30H34N2O3. The summed E-state index contributed by atoms with van der Waals surface area (Å²) in [5.74, 6) is 1.06. The highest BCUT2D eigenvalue weighted by Crippen LogP contribution is 2.38. The maximum atomic E-state index is 13.6. The van der Waals surface area contributed by atoms with Crippen LogP contribution in [0.4, 0.5) is 0 Å². The van der Waals surface area contributed by atoms with Crippen molar-refractivity contribution in [2.24, 2.45) is 5.92 Å². The van der Waals surface area contributed by atoms with Crippen molar-refractivity contribution in [3.05, 3.63) is 101 Å². The Labute approximate surface area is 208 Å². The lowest BCUT2D eigenvalue weighted by Crippen LogP contribution is -2.40. The molecule has 0 radical (unpaired) electrons. The molecule has 3 aromatic rings. The minimum atomic E-state index is -0.227. The third-order valence-electron chi connectivity index (χ3n) is 6.40. The standard InChI is InChI=1S/C30H34N2O3/c1-21(2)14-16-31-28(33)20-35-26-13-12-23-15-17-32(30(34)24-9-5-4-6-10-24)29(27(23)19-26)25-11-7-8-22(3)18-25/h4-13,18-19,21,29H,14-17,20H2,1-3H3,(H,31,33)/t29-/m1/s1. The number of nitrogens with zero attached hydrogens (tertiary/aromatic N) is 1. The molecule has 1 aliphatic heterocycles. The fourth-order valence-corrected chi connectivity index (χ4v) is 4.55. The Morgan fingerprint density at radius 3 is 2.57 bits per heavy atom. The minimum absolute atomic E-state index is 0.0126. The number of hydrogen-bond donors (Lipinski definition) is 1. The SMILES string of the molecule is Cc1cccc([C@@H]2c3cc(OCC(=O)NCCC(C)C)ccc3CCN2C(=O)c2ccccc2)c1. The first kappa shape index (κ1) is 24.5. The zero-order valence-electron chi connectivity index (χ0n) is 20.8. The van der Waals surface area contributed by atoms with E-state index >= 15 is 0 Å². The number of nitrogens with one attached hydrogen (secondary N) is 1. The Morgan fingerprint density at radius 2 is 1.83 bits per heavy atom. The van der Waals surface area contributed by atoms with Gasteiger partial charge in [0, 0.05) is 18.7 Å². The van der Waals surface area contributed by atoms with Crippen molar-refractivity contribution in [1.29, 1.82) is 0 Å². The number of fused-ring (bicyclic) bond motifs is 1. The summed E-state index contributed by atoms with van der Waals surface area (Å²) in [5, 5.41) is 2.91. The highest BCUT2D eigenvalue weighted by atomic mass is 16.5. The molecule has 0 saturated heterocycles. The van der Waals surface area contributed by atoms with Crippen LogP contribution in [0.2, 0.25) is 0 Å². The van der Waals surface area contributed by atoms with Crippen LogP contribution >= 0.6 is 0 Å². The van der Waals surface area contributed by atoms with Crippen molar-refractivity contribution in [1.82, 2.24) is 10.2 Å². The summed E-state index contributed by atoms with van der Waals surface area (Å²) in [4.78, 5) is 27.7. The predicted molar refractivity (Wildman–Crippen MR) is 139 cm³/mol.